The summed E-state index contributed by atoms with van der Waals surface area (Å²) in [6.45, 7) is 1.86. The number of halogens is 3. The first-order chi connectivity index (χ1) is 16.7. The largest absolute Gasteiger partial charge is 0.418 e. The van der Waals surface area contributed by atoms with Crippen molar-refractivity contribution in [1.29, 1.82) is 0 Å². The number of carbonyl (C=O) groups is 1. The summed E-state index contributed by atoms with van der Waals surface area (Å²) in [5.41, 5.74) is 8.41. The number of nitrogens with zero attached hydrogens (tertiary/aromatic N) is 7. The fourth-order valence-corrected chi connectivity index (χ4v) is 3.52. The van der Waals surface area contributed by atoms with Crippen LogP contribution in [0.25, 0.3) is 22.5 Å². The van der Waals surface area contributed by atoms with Crippen LogP contribution in [0.2, 0.25) is 0 Å². The van der Waals surface area contributed by atoms with Gasteiger partial charge in [-0.1, -0.05) is 6.07 Å². The van der Waals surface area contributed by atoms with Crippen molar-refractivity contribution in [1.82, 2.24) is 34.6 Å². The van der Waals surface area contributed by atoms with Gasteiger partial charge < -0.3 is 11.1 Å². The second-order valence-corrected chi connectivity index (χ2v) is 7.62. The number of hydrogen-bond donors (Lipinski definition) is 2. The monoisotopic (exact) mass is 479 g/mol. The number of rotatable bonds is 4. The molecule has 13 heteroatoms. The summed E-state index contributed by atoms with van der Waals surface area (Å²) < 4.78 is 42.1. The summed E-state index contributed by atoms with van der Waals surface area (Å²) in [4.78, 5) is 16.5. The Labute approximate surface area is 195 Å². The number of carbonyl (C=O) groups excluding carboxylic acids is 1. The molecule has 0 radical (unpaired) electrons. The highest BCUT2D eigenvalue weighted by Gasteiger charge is 2.32. The number of benzene rings is 1. The van der Waals surface area contributed by atoms with Gasteiger partial charge in [-0.3, -0.25) is 4.79 Å². The van der Waals surface area contributed by atoms with Crippen molar-refractivity contribution in [3.8, 4) is 16.9 Å². The lowest BCUT2D eigenvalue weighted by molar-refractivity contribution is -0.137. The van der Waals surface area contributed by atoms with Crippen LogP contribution in [0.1, 0.15) is 21.6 Å². The quantitative estimate of drug-likeness (QED) is 0.403. The first-order valence-corrected chi connectivity index (χ1v) is 10.2. The summed E-state index contributed by atoms with van der Waals surface area (Å²) in [7, 11) is 0. The van der Waals surface area contributed by atoms with E-state index in [2.05, 4.69) is 30.7 Å². The van der Waals surface area contributed by atoms with E-state index in [1.54, 1.807) is 45.9 Å². The van der Waals surface area contributed by atoms with Crippen LogP contribution in [0.5, 0.6) is 0 Å². The average Bonchev–Trinajstić information content (AvgIpc) is 3.48. The summed E-state index contributed by atoms with van der Waals surface area (Å²) in [6.07, 6.45) is 0.726. The maximum absolute atomic E-state index is 12.9. The topological polar surface area (TPSA) is 129 Å². The SMILES string of the molecule is Cc1ccc(NC(=O)c2cc(C(F)(F)F)cnn2)cc1-n1cc(-c2ccc3c(N)ncnn23)cn1. The second-order valence-electron chi connectivity index (χ2n) is 7.62. The number of nitrogen functional groups attached to an aromatic ring is 1. The number of aryl methyl sites for hydroxylation is 1. The van der Waals surface area contributed by atoms with Gasteiger partial charge in [-0.15, -0.1) is 5.10 Å². The Bertz CT molecular complexity index is 1570. The number of alkyl halides is 3. The van der Waals surface area contributed by atoms with Gasteiger partial charge in [0, 0.05) is 17.4 Å². The zero-order valence-electron chi connectivity index (χ0n) is 18.0. The van der Waals surface area contributed by atoms with Crippen LogP contribution in [0.4, 0.5) is 24.7 Å². The van der Waals surface area contributed by atoms with Crippen LogP contribution < -0.4 is 11.1 Å². The number of nitrogens with two attached hydrogens (primary N) is 1. The molecule has 0 saturated carbocycles. The van der Waals surface area contributed by atoms with Gasteiger partial charge in [0.2, 0.25) is 0 Å². The third-order valence-corrected chi connectivity index (χ3v) is 5.29. The molecule has 4 heterocycles. The fraction of sp³-hybridized carbons (Fsp3) is 0.0909. The van der Waals surface area contributed by atoms with Gasteiger partial charge in [-0.25, -0.2) is 14.2 Å². The average molecular weight is 479 g/mol. The molecule has 0 aliphatic rings. The molecule has 0 spiro atoms. The van der Waals surface area contributed by atoms with Crippen molar-refractivity contribution >= 4 is 22.9 Å². The molecule has 4 aromatic heterocycles. The standard InChI is InChI=1S/C22H16F3N9O/c1-12-2-3-15(31-21(35)16-6-14(9-28-32-16)22(23,24)25)7-19(12)33-10-13(8-29-33)17-4-5-18-20(26)27-11-30-34(17)18/h2-11H,1H3,(H,31,35)(H2,26,27,30). The Kier molecular flexibility index (Phi) is 5.16. The van der Waals surface area contributed by atoms with Crippen molar-refractivity contribution in [2.45, 2.75) is 13.1 Å². The highest BCUT2D eigenvalue weighted by molar-refractivity contribution is 6.03. The number of anilines is 2. The van der Waals surface area contributed by atoms with Crippen molar-refractivity contribution in [2.24, 2.45) is 0 Å². The Hall–Kier alpha value is -4.81. The Morgan fingerprint density at radius 1 is 1.09 bits per heavy atom. The predicted molar refractivity (Wildman–Crippen MR) is 120 cm³/mol. The maximum atomic E-state index is 12.9. The van der Waals surface area contributed by atoms with Crippen LogP contribution in [-0.2, 0) is 6.18 Å². The van der Waals surface area contributed by atoms with E-state index in [-0.39, 0.29) is 0 Å². The number of nitrogens with one attached hydrogen (secondary N) is 1. The molecule has 5 rings (SSSR count). The molecule has 0 atom stereocenters. The highest BCUT2D eigenvalue weighted by Crippen LogP contribution is 2.29. The lowest BCUT2D eigenvalue weighted by Crippen LogP contribution is -2.17. The van der Waals surface area contributed by atoms with E-state index in [9.17, 15) is 18.0 Å². The number of fused-ring (bicyclic) bond motifs is 1. The Morgan fingerprint density at radius 2 is 1.91 bits per heavy atom. The number of amides is 1. The molecule has 3 N–H and O–H groups in total. The van der Waals surface area contributed by atoms with Crippen LogP contribution >= 0.6 is 0 Å². The molecule has 0 bridgehead atoms. The molecular weight excluding hydrogens is 463 g/mol. The molecule has 0 aliphatic carbocycles. The number of hydrogen-bond acceptors (Lipinski definition) is 7. The van der Waals surface area contributed by atoms with Crippen molar-refractivity contribution in [3.63, 3.8) is 0 Å². The van der Waals surface area contributed by atoms with Crippen LogP contribution in [0.15, 0.2) is 61.3 Å². The lowest BCUT2D eigenvalue weighted by atomic mass is 10.1. The molecular formula is C22H16F3N9O. The minimum atomic E-state index is -4.64. The van der Waals surface area contributed by atoms with Gasteiger partial charge >= 0.3 is 6.18 Å². The van der Waals surface area contributed by atoms with E-state index in [0.717, 1.165) is 16.8 Å². The molecule has 5 aromatic rings. The highest BCUT2D eigenvalue weighted by atomic mass is 19.4. The normalized spacial score (nSPS) is 11.7. The van der Waals surface area contributed by atoms with E-state index in [4.69, 9.17) is 5.73 Å². The van der Waals surface area contributed by atoms with Gasteiger partial charge in [0.25, 0.3) is 5.91 Å². The van der Waals surface area contributed by atoms with Gasteiger partial charge in [0.15, 0.2) is 11.5 Å². The van der Waals surface area contributed by atoms with E-state index in [0.29, 0.717) is 35.0 Å². The molecule has 0 unspecified atom stereocenters. The molecule has 0 saturated heterocycles. The summed E-state index contributed by atoms with van der Waals surface area (Å²) in [5.74, 6) is -0.472. The fourth-order valence-electron chi connectivity index (χ4n) is 3.52. The van der Waals surface area contributed by atoms with Crippen LogP contribution in [0.3, 0.4) is 0 Å². The van der Waals surface area contributed by atoms with Gasteiger partial charge in [0.1, 0.15) is 11.8 Å². The summed E-state index contributed by atoms with van der Waals surface area (Å²) >= 11 is 0. The molecule has 1 aromatic carbocycles. The molecule has 0 aliphatic heterocycles. The molecule has 0 fully saturated rings. The molecule has 176 valence electrons. The van der Waals surface area contributed by atoms with E-state index >= 15 is 0 Å². The van der Waals surface area contributed by atoms with Gasteiger partial charge in [-0.05, 0) is 42.8 Å². The smallest absolute Gasteiger partial charge is 0.382 e. The third kappa shape index (κ3) is 4.14. The minimum Gasteiger partial charge on any atom is -0.382 e. The van der Waals surface area contributed by atoms with Gasteiger partial charge in [0.05, 0.1) is 29.3 Å². The third-order valence-electron chi connectivity index (χ3n) is 5.29. The van der Waals surface area contributed by atoms with E-state index < -0.39 is 23.3 Å². The van der Waals surface area contributed by atoms with E-state index in [1.807, 2.05) is 13.0 Å². The number of aromatic nitrogens is 7. The van der Waals surface area contributed by atoms with E-state index in [1.165, 1.54) is 6.33 Å². The maximum Gasteiger partial charge on any atom is 0.418 e. The zero-order chi connectivity index (χ0) is 24.7. The minimum absolute atomic E-state index is 0.348. The van der Waals surface area contributed by atoms with Gasteiger partial charge in [-0.2, -0.15) is 28.5 Å². The summed E-state index contributed by atoms with van der Waals surface area (Å²) in [6, 6.07) is 9.34. The Morgan fingerprint density at radius 3 is 2.71 bits per heavy atom. The first-order valence-electron chi connectivity index (χ1n) is 10.2. The van der Waals surface area contributed by atoms with Crippen molar-refractivity contribution in [2.75, 3.05) is 11.1 Å². The molecule has 35 heavy (non-hydrogen) atoms. The second kappa shape index (κ2) is 8.20. The van der Waals surface area contributed by atoms with Crippen molar-refractivity contribution < 1.29 is 18.0 Å². The zero-order valence-corrected chi connectivity index (χ0v) is 18.0. The van der Waals surface area contributed by atoms with Crippen LogP contribution in [-0.4, -0.2) is 40.5 Å². The molecule has 10 nitrogen and oxygen atoms in total. The lowest BCUT2D eigenvalue weighted by Gasteiger charge is -2.11. The summed E-state index contributed by atoms with van der Waals surface area (Å²) in [5, 5.41) is 18.0. The first kappa shape index (κ1) is 22.0. The van der Waals surface area contributed by atoms with Crippen molar-refractivity contribution in [3.05, 3.63) is 78.1 Å². The molecule has 1 amide bonds. The Balaban J connectivity index is 1.43. The van der Waals surface area contributed by atoms with Crippen LogP contribution in [0, 0.1) is 6.92 Å². The predicted octanol–water partition coefficient (Wildman–Crippen LogP) is 3.53.